The third-order valence-electron chi connectivity index (χ3n) is 2.03. The summed E-state index contributed by atoms with van der Waals surface area (Å²) in [5.41, 5.74) is -0.262. The van der Waals surface area contributed by atoms with Crippen LogP contribution in [0.1, 0.15) is 6.92 Å². The van der Waals surface area contributed by atoms with E-state index in [1.165, 1.54) is 0 Å². The molecule has 4 nitrogen and oxygen atoms in total. The summed E-state index contributed by atoms with van der Waals surface area (Å²) < 4.78 is 0. The summed E-state index contributed by atoms with van der Waals surface area (Å²) in [5.74, 6) is 0.763. The Morgan fingerprint density at radius 2 is 2.36 bits per heavy atom. The van der Waals surface area contributed by atoms with Gasteiger partial charge in [-0.05, 0) is 14.0 Å². The Hall–Kier alpha value is -0.650. The second kappa shape index (κ2) is 5.29. The summed E-state index contributed by atoms with van der Waals surface area (Å²) >= 11 is 1.58. The monoisotopic (exact) mass is 213 g/mol. The van der Waals surface area contributed by atoms with Crippen molar-refractivity contribution in [3.63, 3.8) is 0 Å². The van der Waals surface area contributed by atoms with E-state index in [1.54, 1.807) is 30.4 Å². The van der Waals surface area contributed by atoms with E-state index in [0.29, 0.717) is 0 Å². The van der Waals surface area contributed by atoms with Gasteiger partial charge >= 0.3 is 0 Å². The molecule has 0 spiro atoms. The molecule has 1 aromatic rings. The summed E-state index contributed by atoms with van der Waals surface area (Å²) in [4.78, 5) is 8.11. The van der Waals surface area contributed by atoms with Crippen LogP contribution in [0.5, 0.6) is 0 Å². The molecule has 2 N–H and O–H groups in total. The zero-order valence-corrected chi connectivity index (χ0v) is 9.21. The zero-order valence-electron chi connectivity index (χ0n) is 8.40. The average molecular weight is 213 g/mol. The van der Waals surface area contributed by atoms with E-state index in [4.69, 9.17) is 5.11 Å². The van der Waals surface area contributed by atoms with E-state index in [-0.39, 0.29) is 12.1 Å². The molecule has 78 valence electrons. The van der Waals surface area contributed by atoms with Gasteiger partial charge in [-0.1, -0.05) is 0 Å². The first-order valence-corrected chi connectivity index (χ1v) is 5.37. The molecule has 1 aromatic heterocycles. The second-order valence-corrected chi connectivity index (χ2v) is 4.30. The number of aliphatic hydroxyl groups is 1. The number of thioether (sulfide) groups is 1. The molecule has 0 fully saturated rings. The van der Waals surface area contributed by atoms with Gasteiger partial charge in [0.2, 0.25) is 0 Å². The largest absolute Gasteiger partial charge is 0.394 e. The number of nitrogens with zero attached hydrogens (tertiary/aromatic N) is 2. The van der Waals surface area contributed by atoms with Gasteiger partial charge in [-0.25, -0.2) is 4.98 Å². The third kappa shape index (κ3) is 3.25. The summed E-state index contributed by atoms with van der Waals surface area (Å²) in [6.45, 7) is 2.08. The number of likely N-dealkylation sites (N-methyl/N-ethyl adjacent to an activating group) is 1. The number of hydrogen-bond acceptors (Lipinski definition) is 5. The maximum Gasteiger partial charge on any atom is 0.114 e. The fourth-order valence-corrected chi connectivity index (χ4v) is 1.76. The summed E-state index contributed by atoms with van der Waals surface area (Å²) in [5, 5.41) is 13.1. The van der Waals surface area contributed by atoms with Crippen LogP contribution in [0.4, 0.5) is 0 Å². The second-order valence-electron chi connectivity index (χ2n) is 3.30. The van der Waals surface area contributed by atoms with Gasteiger partial charge in [0.25, 0.3) is 0 Å². The van der Waals surface area contributed by atoms with Crippen molar-refractivity contribution in [2.24, 2.45) is 0 Å². The molecule has 0 saturated carbocycles. The molecule has 0 aliphatic carbocycles. The van der Waals surface area contributed by atoms with Crippen molar-refractivity contribution < 1.29 is 5.11 Å². The van der Waals surface area contributed by atoms with E-state index in [9.17, 15) is 0 Å². The standard InChI is InChI=1S/C9H15N3OS/c1-9(6-13,10-2)7-14-8-5-11-3-4-12-8/h3-5,10,13H,6-7H2,1-2H3. The van der Waals surface area contributed by atoms with Crippen LogP contribution in [0, 0.1) is 0 Å². The summed E-state index contributed by atoms with van der Waals surface area (Å²) in [7, 11) is 1.84. The van der Waals surface area contributed by atoms with Crippen LogP contribution < -0.4 is 5.32 Å². The molecule has 0 aliphatic rings. The number of rotatable bonds is 5. The first-order valence-electron chi connectivity index (χ1n) is 4.39. The first kappa shape index (κ1) is 11.4. The summed E-state index contributed by atoms with van der Waals surface area (Å²) in [6, 6.07) is 0. The van der Waals surface area contributed by atoms with Crippen LogP contribution in [0.2, 0.25) is 0 Å². The highest BCUT2D eigenvalue weighted by Gasteiger charge is 2.20. The Bertz CT molecular complexity index is 264. The Morgan fingerprint density at radius 3 is 2.86 bits per heavy atom. The minimum atomic E-state index is -0.262. The lowest BCUT2D eigenvalue weighted by atomic mass is 10.1. The quantitative estimate of drug-likeness (QED) is 0.699. The lowest BCUT2D eigenvalue weighted by Gasteiger charge is -2.25. The molecular weight excluding hydrogens is 198 g/mol. The molecular formula is C9H15N3OS. The molecule has 1 heterocycles. The number of aliphatic hydroxyl groups excluding tert-OH is 1. The molecule has 14 heavy (non-hydrogen) atoms. The highest BCUT2D eigenvalue weighted by atomic mass is 32.2. The minimum Gasteiger partial charge on any atom is -0.394 e. The molecule has 0 radical (unpaired) electrons. The molecule has 0 amide bonds. The van der Waals surface area contributed by atoms with Crippen molar-refractivity contribution in [2.45, 2.75) is 17.5 Å². The molecule has 0 saturated heterocycles. The highest BCUT2D eigenvalue weighted by Crippen LogP contribution is 2.19. The molecule has 0 aliphatic heterocycles. The Morgan fingerprint density at radius 1 is 1.57 bits per heavy atom. The van der Waals surface area contributed by atoms with E-state index in [1.807, 2.05) is 14.0 Å². The average Bonchev–Trinajstić information content (AvgIpc) is 2.27. The van der Waals surface area contributed by atoms with Crippen molar-refractivity contribution in [2.75, 3.05) is 19.4 Å². The maximum atomic E-state index is 9.15. The maximum absolute atomic E-state index is 9.15. The smallest absolute Gasteiger partial charge is 0.114 e. The van der Waals surface area contributed by atoms with E-state index < -0.39 is 0 Å². The zero-order chi connectivity index (χ0) is 10.4. The van der Waals surface area contributed by atoms with E-state index in [2.05, 4.69) is 15.3 Å². The van der Waals surface area contributed by atoms with Gasteiger partial charge in [-0.15, -0.1) is 11.8 Å². The van der Waals surface area contributed by atoms with Gasteiger partial charge in [-0.3, -0.25) is 4.98 Å². The SMILES string of the molecule is CNC(C)(CO)CSc1cnccn1. The first-order chi connectivity index (χ1) is 6.70. The summed E-state index contributed by atoms with van der Waals surface area (Å²) in [6.07, 6.45) is 5.03. The highest BCUT2D eigenvalue weighted by molar-refractivity contribution is 7.99. The van der Waals surface area contributed by atoms with Crippen molar-refractivity contribution in [1.29, 1.82) is 0 Å². The van der Waals surface area contributed by atoms with Crippen molar-refractivity contribution in [3.8, 4) is 0 Å². The minimum absolute atomic E-state index is 0.108. The van der Waals surface area contributed by atoms with Crippen molar-refractivity contribution in [1.82, 2.24) is 15.3 Å². The molecule has 1 unspecified atom stereocenters. The predicted octanol–water partition coefficient (Wildman–Crippen LogP) is 0.539. The van der Waals surface area contributed by atoms with Gasteiger partial charge in [0.1, 0.15) is 5.03 Å². The van der Waals surface area contributed by atoms with E-state index in [0.717, 1.165) is 10.8 Å². The number of nitrogens with one attached hydrogen (secondary N) is 1. The van der Waals surface area contributed by atoms with Gasteiger partial charge in [0.15, 0.2) is 0 Å². The van der Waals surface area contributed by atoms with Crippen LogP contribution in [-0.4, -0.2) is 40.0 Å². The molecule has 5 heteroatoms. The van der Waals surface area contributed by atoms with Crippen LogP contribution in [0.15, 0.2) is 23.6 Å². The van der Waals surface area contributed by atoms with Crippen molar-refractivity contribution >= 4 is 11.8 Å². The van der Waals surface area contributed by atoms with Crippen LogP contribution in [0.25, 0.3) is 0 Å². The van der Waals surface area contributed by atoms with E-state index >= 15 is 0 Å². The van der Waals surface area contributed by atoms with Gasteiger partial charge in [0, 0.05) is 23.7 Å². The predicted molar refractivity (Wildman–Crippen MR) is 57.3 cm³/mol. The number of aromatic nitrogens is 2. The third-order valence-corrected chi connectivity index (χ3v) is 3.32. The lowest BCUT2D eigenvalue weighted by Crippen LogP contribution is -2.45. The Labute approximate surface area is 88.2 Å². The lowest BCUT2D eigenvalue weighted by molar-refractivity contribution is 0.200. The number of hydrogen-bond donors (Lipinski definition) is 2. The normalized spacial score (nSPS) is 15.1. The topological polar surface area (TPSA) is 58.0 Å². The molecule has 1 rings (SSSR count). The van der Waals surface area contributed by atoms with Crippen LogP contribution >= 0.6 is 11.8 Å². The molecule has 1 atom stereocenters. The Kier molecular flexibility index (Phi) is 4.31. The van der Waals surface area contributed by atoms with Gasteiger partial charge in [-0.2, -0.15) is 0 Å². The Balaban J connectivity index is 2.48. The molecule has 0 aromatic carbocycles. The molecule has 0 bridgehead atoms. The van der Waals surface area contributed by atoms with Gasteiger partial charge in [0.05, 0.1) is 12.8 Å². The van der Waals surface area contributed by atoms with Crippen molar-refractivity contribution in [3.05, 3.63) is 18.6 Å². The van der Waals surface area contributed by atoms with Gasteiger partial charge < -0.3 is 10.4 Å². The fraction of sp³-hybridized carbons (Fsp3) is 0.556. The van der Waals surface area contributed by atoms with Crippen LogP contribution in [0.3, 0.4) is 0 Å². The van der Waals surface area contributed by atoms with Crippen LogP contribution in [-0.2, 0) is 0 Å². The fourth-order valence-electron chi connectivity index (χ4n) is 0.790.